The van der Waals surface area contributed by atoms with E-state index in [1.54, 1.807) is 33.7 Å². The van der Waals surface area contributed by atoms with Crippen molar-refractivity contribution in [1.82, 2.24) is 14.4 Å². The predicted molar refractivity (Wildman–Crippen MR) is 214 cm³/mol. The molecule has 0 saturated heterocycles. The van der Waals surface area contributed by atoms with Crippen LogP contribution in [-0.4, -0.2) is 91.0 Å². The molecule has 0 spiro atoms. The first kappa shape index (κ1) is 46.7. The van der Waals surface area contributed by atoms with Gasteiger partial charge in [-0.3, -0.25) is 9.59 Å². The molecular weight excluding hydrogens is 793 g/mol. The van der Waals surface area contributed by atoms with Gasteiger partial charge in [0.25, 0.3) is 0 Å². The Morgan fingerprint density at radius 2 is 1.33 bits per heavy atom. The summed E-state index contributed by atoms with van der Waals surface area (Å²) in [6.45, 7) is 7.44. The van der Waals surface area contributed by atoms with Gasteiger partial charge in [-0.1, -0.05) is 74.5 Å². The number of pyridine rings is 1. The Labute approximate surface area is 342 Å². The molecule has 5 rings (SSSR count). The van der Waals surface area contributed by atoms with Gasteiger partial charge in [0, 0.05) is 30.2 Å². The number of aliphatic carboxylic acids is 2. The monoisotopic (exact) mass is 839 g/mol. The number of amides is 1. The fourth-order valence-corrected chi connectivity index (χ4v) is 6.47. The van der Waals surface area contributed by atoms with E-state index in [9.17, 15) is 41.1 Å². The van der Waals surface area contributed by atoms with E-state index in [0.717, 1.165) is 55.4 Å². The minimum absolute atomic E-state index is 0.0728. The van der Waals surface area contributed by atoms with Crippen LogP contribution in [-0.2, 0) is 46.5 Å². The maximum Gasteiger partial charge on any atom is 0.416 e. The summed E-state index contributed by atoms with van der Waals surface area (Å²) in [6.07, 6.45) is -7.87. The molecule has 0 fully saturated rings. The zero-order valence-electron chi connectivity index (χ0n) is 32.9. The molecule has 0 aliphatic carbocycles. The van der Waals surface area contributed by atoms with Gasteiger partial charge in [-0.05, 0) is 91.5 Å². The molecule has 2 unspecified atom stereocenters. The zero-order chi connectivity index (χ0) is 44.1. The van der Waals surface area contributed by atoms with Gasteiger partial charge in [0.15, 0.2) is 29.3 Å². The first-order valence-corrected chi connectivity index (χ1v) is 19.1. The number of carbonyl (C=O) groups is 3. The van der Waals surface area contributed by atoms with E-state index in [4.69, 9.17) is 20.4 Å². The van der Waals surface area contributed by atoms with E-state index in [1.165, 1.54) is 30.3 Å². The number of alkyl halides is 3. The molecule has 0 bridgehead atoms. The first-order chi connectivity index (χ1) is 28.4. The van der Waals surface area contributed by atoms with Gasteiger partial charge < -0.3 is 34.8 Å². The predicted octanol–water partition coefficient (Wildman–Crippen LogP) is 6.39. The van der Waals surface area contributed by atoms with E-state index in [-0.39, 0.29) is 36.3 Å². The van der Waals surface area contributed by atoms with Gasteiger partial charge in [0.05, 0.1) is 11.1 Å². The number of hydrogen-bond donors (Lipinski definition) is 4. The standard InChI is InChI=1S/C40H40F5N3O2.C4H6O6/c1-3-46(4-2)23-8-24-47(26-28-13-15-29(16-14-28)30-17-20-32(21-18-30)40(43,44)45)38(50)27-48-33(22-19-31-9-7-11-35(41)39(31)42)25-37(49)34-10-5-6-12-36(34)48;5-1(3(7)8)2(6)4(9)10/h5-7,9-18,20-21,25H,3-4,8,19,22-24,26-27H2,1-2H3;1-2,5-6H,(H,7,8)(H,9,10). The van der Waals surface area contributed by atoms with Crippen molar-refractivity contribution in [2.75, 3.05) is 26.2 Å². The lowest BCUT2D eigenvalue weighted by Gasteiger charge is -2.27. The lowest BCUT2D eigenvalue weighted by molar-refractivity contribution is -0.165. The smallest absolute Gasteiger partial charge is 0.416 e. The van der Waals surface area contributed by atoms with Gasteiger partial charge in [0.1, 0.15) is 6.54 Å². The fraction of sp³-hybridized carbons (Fsp3) is 0.318. The van der Waals surface area contributed by atoms with Crippen molar-refractivity contribution in [3.05, 3.63) is 141 Å². The third kappa shape index (κ3) is 12.5. The quantitative estimate of drug-likeness (QED) is 0.0779. The van der Waals surface area contributed by atoms with Gasteiger partial charge in [-0.2, -0.15) is 13.2 Å². The van der Waals surface area contributed by atoms with Crippen LogP contribution in [0.25, 0.3) is 22.0 Å². The van der Waals surface area contributed by atoms with E-state index in [0.29, 0.717) is 35.2 Å². The maximum atomic E-state index is 14.5. The maximum absolute atomic E-state index is 14.5. The SMILES string of the molecule is CCN(CC)CCCN(Cc1ccc(-c2ccc(C(F)(F)F)cc2)cc1)C(=O)Cn1c(CCc2cccc(F)c2F)cc(=O)c2ccccc21.O=C(O)C(O)C(O)C(=O)O. The Balaban J connectivity index is 0.000000703. The van der Waals surface area contributed by atoms with Crippen molar-refractivity contribution in [3.8, 4) is 11.1 Å². The molecule has 2 atom stereocenters. The molecule has 4 N–H and O–H groups in total. The number of carboxylic acids is 2. The highest BCUT2D eigenvalue weighted by atomic mass is 19.4. The summed E-state index contributed by atoms with van der Waals surface area (Å²) >= 11 is 0. The average molecular weight is 840 g/mol. The molecule has 11 nitrogen and oxygen atoms in total. The molecule has 16 heteroatoms. The highest BCUT2D eigenvalue weighted by Crippen LogP contribution is 2.31. The largest absolute Gasteiger partial charge is 0.479 e. The summed E-state index contributed by atoms with van der Waals surface area (Å²) in [5, 5.41) is 33.0. The van der Waals surface area contributed by atoms with Crippen LogP contribution >= 0.6 is 0 Å². The molecule has 0 saturated carbocycles. The molecule has 0 aliphatic rings. The van der Waals surface area contributed by atoms with Crippen LogP contribution in [0.3, 0.4) is 0 Å². The van der Waals surface area contributed by atoms with Gasteiger partial charge in [-0.25, -0.2) is 18.4 Å². The lowest BCUT2D eigenvalue weighted by atomic mass is 10.0. The number of carboxylic acid groups (broad SMARTS) is 2. The van der Waals surface area contributed by atoms with Crippen molar-refractivity contribution in [2.45, 2.75) is 64.6 Å². The van der Waals surface area contributed by atoms with Gasteiger partial charge in [0.2, 0.25) is 5.91 Å². The molecule has 0 aliphatic heterocycles. The molecule has 60 heavy (non-hydrogen) atoms. The van der Waals surface area contributed by atoms with Crippen molar-refractivity contribution < 1.29 is 56.8 Å². The van der Waals surface area contributed by atoms with Gasteiger partial charge >= 0.3 is 18.1 Å². The summed E-state index contributed by atoms with van der Waals surface area (Å²) in [7, 11) is 0. The number of rotatable bonds is 17. The molecule has 4 aromatic carbocycles. The number of nitrogens with zero attached hydrogens (tertiary/aromatic N) is 3. The molecule has 0 radical (unpaired) electrons. The van der Waals surface area contributed by atoms with E-state index < -0.39 is 47.5 Å². The van der Waals surface area contributed by atoms with Crippen LogP contribution < -0.4 is 5.43 Å². The molecule has 1 heterocycles. The highest BCUT2D eigenvalue weighted by Gasteiger charge is 2.30. The topological polar surface area (TPSA) is 161 Å². The Morgan fingerprint density at radius 1 is 0.750 bits per heavy atom. The summed E-state index contributed by atoms with van der Waals surface area (Å²) in [4.78, 5) is 50.9. The summed E-state index contributed by atoms with van der Waals surface area (Å²) in [5.74, 6) is -5.59. The highest BCUT2D eigenvalue weighted by molar-refractivity contribution is 5.83. The van der Waals surface area contributed by atoms with E-state index >= 15 is 0 Å². The fourth-order valence-electron chi connectivity index (χ4n) is 6.47. The Morgan fingerprint density at radius 3 is 1.90 bits per heavy atom. The van der Waals surface area contributed by atoms with E-state index in [1.807, 2.05) is 24.3 Å². The van der Waals surface area contributed by atoms with Crippen LogP contribution in [0, 0.1) is 11.6 Å². The lowest BCUT2D eigenvalue weighted by Crippen LogP contribution is -2.39. The minimum atomic E-state index is -4.41. The van der Waals surface area contributed by atoms with Crippen LogP contribution in [0.5, 0.6) is 0 Å². The normalized spacial score (nSPS) is 12.4. The van der Waals surface area contributed by atoms with Crippen LogP contribution in [0.15, 0.2) is 102 Å². The number of benzene rings is 4. The third-order valence-corrected chi connectivity index (χ3v) is 9.91. The third-order valence-electron chi connectivity index (χ3n) is 9.91. The molecule has 1 amide bonds. The summed E-state index contributed by atoms with van der Waals surface area (Å²) in [5.41, 5.74) is 2.61. The first-order valence-electron chi connectivity index (χ1n) is 19.1. The number of aliphatic hydroxyl groups is 2. The van der Waals surface area contributed by atoms with Crippen molar-refractivity contribution in [3.63, 3.8) is 0 Å². The van der Waals surface area contributed by atoms with Gasteiger partial charge in [-0.15, -0.1) is 0 Å². The number of aromatic nitrogens is 1. The number of hydrogen-bond acceptors (Lipinski definition) is 7. The molecule has 320 valence electrons. The number of halogens is 5. The van der Waals surface area contributed by atoms with Crippen LogP contribution in [0.2, 0.25) is 0 Å². The molecule has 5 aromatic rings. The van der Waals surface area contributed by atoms with Crippen LogP contribution in [0.4, 0.5) is 22.0 Å². The average Bonchev–Trinajstić information content (AvgIpc) is 3.23. The summed E-state index contributed by atoms with van der Waals surface area (Å²) in [6, 6.07) is 24.9. The summed E-state index contributed by atoms with van der Waals surface area (Å²) < 4.78 is 69.4. The number of carbonyl (C=O) groups excluding carboxylic acids is 1. The van der Waals surface area contributed by atoms with Crippen LogP contribution in [0.1, 0.15) is 42.7 Å². The number of para-hydroxylation sites is 1. The Kier molecular flexibility index (Phi) is 16.6. The van der Waals surface area contributed by atoms with Crippen molar-refractivity contribution in [1.29, 1.82) is 0 Å². The number of aliphatic hydroxyl groups excluding tert-OH is 2. The zero-order valence-corrected chi connectivity index (χ0v) is 32.9. The number of aryl methyl sites for hydroxylation is 2. The molecule has 1 aromatic heterocycles. The second kappa shape index (κ2) is 21.3. The van der Waals surface area contributed by atoms with E-state index in [2.05, 4.69) is 18.7 Å². The molecular formula is C44H46F5N3O8. The second-order valence-corrected chi connectivity index (χ2v) is 13.9. The van der Waals surface area contributed by atoms with Crippen molar-refractivity contribution in [2.24, 2.45) is 0 Å². The van der Waals surface area contributed by atoms with Crippen molar-refractivity contribution >= 4 is 28.7 Å². The second-order valence-electron chi connectivity index (χ2n) is 13.9. The number of fused-ring (bicyclic) bond motifs is 1. The Hall–Kier alpha value is -5.97. The Bertz CT molecular complexity index is 2280. The minimum Gasteiger partial charge on any atom is -0.479 e.